The molecule has 0 amide bonds. The summed E-state index contributed by atoms with van der Waals surface area (Å²) in [6.07, 6.45) is 2.71. The van der Waals surface area contributed by atoms with E-state index >= 15 is 0 Å². The van der Waals surface area contributed by atoms with Crippen LogP contribution in [0.5, 0.6) is 0 Å². The zero-order valence-electron chi connectivity index (χ0n) is 12.4. The van der Waals surface area contributed by atoms with Crippen LogP contribution in [0, 0.1) is 0 Å². The second kappa shape index (κ2) is 3.09. The van der Waals surface area contributed by atoms with Gasteiger partial charge in [0.1, 0.15) is 0 Å². The molecule has 1 aliphatic heterocycles. The summed E-state index contributed by atoms with van der Waals surface area (Å²) in [6.45, 7) is 5.53. The van der Waals surface area contributed by atoms with E-state index in [0.717, 1.165) is 4.57 Å². The number of hydrogen-bond acceptors (Lipinski definition) is 3. The number of aromatic nitrogens is 2. The van der Waals surface area contributed by atoms with Crippen LogP contribution in [-0.4, -0.2) is 27.9 Å². The van der Waals surface area contributed by atoms with E-state index in [1.165, 1.54) is 12.5 Å². The van der Waals surface area contributed by atoms with E-state index in [1.807, 2.05) is 27.7 Å². The van der Waals surface area contributed by atoms with E-state index in [9.17, 15) is 0 Å². The molecule has 1 aromatic heterocycles. The van der Waals surface area contributed by atoms with E-state index < -0.39 is 25.3 Å². The first kappa shape index (κ1) is 7.47. The van der Waals surface area contributed by atoms with Crippen LogP contribution in [-0.2, 0) is 16.3 Å². The quantitative estimate of drug-likeness (QED) is 0.642. The highest BCUT2D eigenvalue weighted by Crippen LogP contribution is 2.36. The summed E-state index contributed by atoms with van der Waals surface area (Å²) < 4.78 is 34.5. The fraction of sp³-hybridized carbons (Fsp3) is 0.700. The van der Waals surface area contributed by atoms with Crippen molar-refractivity contribution in [1.82, 2.24) is 9.55 Å². The summed E-state index contributed by atoms with van der Waals surface area (Å²) in [4.78, 5) is 4.05. The van der Waals surface area contributed by atoms with E-state index in [0.29, 0.717) is 5.59 Å². The Hall–Kier alpha value is -0.805. The van der Waals surface area contributed by atoms with Crippen molar-refractivity contribution < 1.29 is 13.4 Å². The summed E-state index contributed by atoms with van der Waals surface area (Å²) in [5.41, 5.74) is -0.437. The van der Waals surface area contributed by atoms with Crippen molar-refractivity contribution in [3.8, 4) is 0 Å². The largest absolute Gasteiger partial charge is 0.516 e. The molecule has 1 aromatic rings. The van der Waals surface area contributed by atoms with E-state index in [4.69, 9.17) is 13.4 Å². The minimum Gasteiger partial charge on any atom is -0.398 e. The number of nitrogens with zero attached hydrogens (tertiary/aromatic N) is 2. The molecule has 0 saturated carbocycles. The molecule has 0 N–H and O–H groups in total. The van der Waals surface area contributed by atoms with Crippen LogP contribution >= 0.6 is 0 Å². The van der Waals surface area contributed by atoms with Gasteiger partial charge in [-0.25, -0.2) is 4.98 Å². The second-order valence-corrected chi connectivity index (χ2v) is 4.79. The number of rotatable bonds is 1. The van der Waals surface area contributed by atoms with Crippen molar-refractivity contribution in [1.29, 1.82) is 0 Å². The predicted octanol–water partition coefficient (Wildman–Crippen LogP) is 0.719. The highest BCUT2D eigenvalue weighted by atomic mass is 16.7. The van der Waals surface area contributed by atoms with Crippen molar-refractivity contribution in [3.05, 3.63) is 12.5 Å². The van der Waals surface area contributed by atoms with Crippen LogP contribution in [0.15, 0.2) is 12.5 Å². The molecule has 0 aromatic carbocycles. The number of aryl methyl sites for hydroxylation is 1. The van der Waals surface area contributed by atoms with Gasteiger partial charge in [-0.05, 0) is 27.7 Å². The van der Waals surface area contributed by atoms with Crippen LogP contribution in [0.2, 0.25) is 0 Å². The van der Waals surface area contributed by atoms with Crippen molar-refractivity contribution in [2.75, 3.05) is 0 Å². The van der Waals surface area contributed by atoms with Gasteiger partial charge in [0.25, 0.3) is 0 Å². The maximum absolute atomic E-state index is 7.29. The smallest absolute Gasteiger partial charge is 0.398 e. The van der Waals surface area contributed by atoms with Crippen LogP contribution in [0.3, 0.4) is 0 Å². The Kier molecular flexibility index (Phi) is 1.54. The van der Waals surface area contributed by atoms with Crippen molar-refractivity contribution in [2.24, 2.45) is 6.98 Å². The Labute approximate surface area is 95.0 Å². The summed E-state index contributed by atoms with van der Waals surface area (Å²) in [5, 5.41) is 0. The topological polar surface area (TPSA) is 36.3 Å². The fourth-order valence-corrected chi connectivity index (χ4v) is 1.42. The lowest BCUT2D eigenvalue weighted by molar-refractivity contribution is 0.00578. The second-order valence-electron chi connectivity index (χ2n) is 4.79. The van der Waals surface area contributed by atoms with Gasteiger partial charge >= 0.3 is 7.12 Å². The number of imidazole rings is 1. The molecular formula is C10H17BN2O2. The first-order valence-electron chi connectivity index (χ1n) is 6.43. The van der Waals surface area contributed by atoms with Crippen LogP contribution in [0.25, 0.3) is 0 Å². The van der Waals surface area contributed by atoms with Gasteiger partial charge in [0.05, 0.1) is 23.1 Å². The molecule has 15 heavy (non-hydrogen) atoms. The molecule has 4 nitrogen and oxygen atoms in total. The molecule has 5 heteroatoms. The number of hydrogen-bond donors (Lipinski definition) is 0. The van der Waals surface area contributed by atoms with E-state index in [2.05, 4.69) is 4.98 Å². The maximum atomic E-state index is 7.29. The van der Waals surface area contributed by atoms with Crippen molar-refractivity contribution >= 4 is 12.7 Å². The standard InChI is InChI=1S/C10H17BN2O2/c1-9(2)10(3,4)15-11(14-9)8-6-13(5)7-12-8/h6-7H,1-5H3/i5D3. The molecule has 0 radical (unpaired) electrons. The maximum Gasteiger partial charge on any atom is 0.516 e. The molecule has 1 saturated heterocycles. The molecule has 2 rings (SSSR count). The van der Waals surface area contributed by atoms with Crippen LogP contribution < -0.4 is 5.59 Å². The molecule has 1 aliphatic rings. The van der Waals surface area contributed by atoms with E-state index in [1.54, 1.807) is 0 Å². The third-order valence-corrected chi connectivity index (χ3v) is 3.10. The zero-order valence-corrected chi connectivity index (χ0v) is 9.44. The van der Waals surface area contributed by atoms with Crippen LogP contribution in [0.1, 0.15) is 31.8 Å². The van der Waals surface area contributed by atoms with Gasteiger partial charge in [-0.15, -0.1) is 0 Å². The molecular weight excluding hydrogens is 191 g/mol. The molecule has 0 unspecified atom stereocenters. The molecule has 82 valence electrons. The fourth-order valence-electron chi connectivity index (χ4n) is 1.42. The van der Waals surface area contributed by atoms with Gasteiger partial charge in [0, 0.05) is 17.3 Å². The Bertz CT molecular complexity index is 440. The summed E-state index contributed by atoms with van der Waals surface area (Å²) in [6, 6.07) is 0. The average molecular weight is 211 g/mol. The molecule has 0 atom stereocenters. The first-order valence-corrected chi connectivity index (χ1v) is 4.93. The van der Waals surface area contributed by atoms with Crippen LogP contribution in [0.4, 0.5) is 0 Å². The third-order valence-electron chi connectivity index (χ3n) is 3.10. The molecule has 0 spiro atoms. The predicted molar refractivity (Wildman–Crippen MR) is 58.9 cm³/mol. The van der Waals surface area contributed by atoms with Crippen molar-refractivity contribution in [2.45, 2.75) is 38.9 Å². The average Bonchev–Trinajstić information content (AvgIpc) is 2.69. The molecule has 0 aliphatic carbocycles. The van der Waals surface area contributed by atoms with Gasteiger partial charge < -0.3 is 13.9 Å². The minimum atomic E-state index is -2.23. The highest BCUT2D eigenvalue weighted by Gasteiger charge is 2.52. The van der Waals surface area contributed by atoms with Gasteiger partial charge in [0.15, 0.2) is 0 Å². The lowest BCUT2D eigenvalue weighted by atomic mass is 9.86. The SMILES string of the molecule is [2H]C([2H])([2H])n1cnc(B2OC(C)(C)C(C)(C)O2)c1. The normalized spacial score (nSPS) is 27.2. The van der Waals surface area contributed by atoms with Crippen molar-refractivity contribution in [3.63, 3.8) is 0 Å². The van der Waals surface area contributed by atoms with Gasteiger partial charge in [-0.1, -0.05) is 0 Å². The zero-order chi connectivity index (χ0) is 13.8. The minimum absolute atomic E-state index is 0.457. The van der Waals surface area contributed by atoms with E-state index in [-0.39, 0.29) is 0 Å². The lowest BCUT2D eigenvalue weighted by Crippen LogP contribution is -2.41. The summed E-state index contributed by atoms with van der Waals surface area (Å²) >= 11 is 0. The Morgan fingerprint density at radius 2 is 1.93 bits per heavy atom. The first-order chi connectivity index (χ1) is 8.03. The molecule has 0 bridgehead atoms. The Morgan fingerprint density at radius 3 is 2.40 bits per heavy atom. The Balaban J connectivity index is 2.23. The lowest BCUT2D eigenvalue weighted by Gasteiger charge is -2.32. The van der Waals surface area contributed by atoms with Gasteiger partial charge in [0.2, 0.25) is 0 Å². The summed E-state index contributed by atoms with van der Waals surface area (Å²) in [5.74, 6) is 0. The van der Waals surface area contributed by atoms with Gasteiger partial charge in [-0.3, -0.25) is 0 Å². The highest BCUT2D eigenvalue weighted by molar-refractivity contribution is 6.61. The third kappa shape index (κ3) is 1.70. The monoisotopic (exact) mass is 211 g/mol. The Morgan fingerprint density at radius 1 is 1.33 bits per heavy atom. The molecule has 1 fully saturated rings. The van der Waals surface area contributed by atoms with Gasteiger partial charge in [-0.2, -0.15) is 0 Å². The summed E-state index contributed by atoms with van der Waals surface area (Å²) in [7, 11) is -0.626. The molecule has 2 heterocycles.